The van der Waals surface area contributed by atoms with Crippen LogP contribution in [-0.4, -0.2) is 18.2 Å². The van der Waals surface area contributed by atoms with E-state index in [-0.39, 0.29) is 5.82 Å². The van der Waals surface area contributed by atoms with Gasteiger partial charge in [0.05, 0.1) is 6.10 Å². The molecule has 1 unspecified atom stereocenters. The van der Waals surface area contributed by atoms with Crippen LogP contribution in [0.3, 0.4) is 0 Å². The third-order valence-corrected chi connectivity index (χ3v) is 2.80. The fraction of sp³-hybridized carbons (Fsp3) is 0.571. The van der Waals surface area contributed by atoms with Crippen LogP contribution in [0.2, 0.25) is 0 Å². The van der Waals surface area contributed by atoms with Crippen LogP contribution < -0.4 is 5.32 Å². The van der Waals surface area contributed by atoms with Gasteiger partial charge in [-0.3, -0.25) is 0 Å². The van der Waals surface area contributed by atoms with Crippen LogP contribution in [0.1, 0.15) is 44.3 Å². The summed E-state index contributed by atoms with van der Waals surface area (Å²) in [6, 6.07) is 6.00. The van der Waals surface area contributed by atoms with Crippen molar-refractivity contribution in [1.29, 1.82) is 0 Å². The first-order valence-corrected chi connectivity index (χ1v) is 6.38. The molecule has 1 aromatic carbocycles. The zero-order chi connectivity index (χ0) is 12.5. The monoisotopic (exact) mass is 239 g/mol. The molecule has 96 valence electrons. The maximum Gasteiger partial charge on any atom is 0.123 e. The fourth-order valence-corrected chi connectivity index (χ4v) is 1.72. The number of unbranched alkanes of at least 4 members (excludes halogenated alkanes) is 3. The predicted octanol–water partition coefficient (Wildman–Crippen LogP) is 3.03. The summed E-state index contributed by atoms with van der Waals surface area (Å²) in [6.45, 7) is 3.64. The highest BCUT2D eigenvalue weighted by Gasteiger charge is 2.06. The van der Waals surface area contributed by atoms with Gasteiger partial charge in [-0.15, -0.1) is 0 Å². The molecule has 1 rings (SSSR count). The molecule has 0 amide bonds. The van der Waals surface area contributed by atoms with Gasteiger partial charge in [-0.05, 0) is 30.7 Å². The topological polar surface area (TPSA) is 32.3 Å². The average molecular weight is 239 g/mol. The van der Waals surface area contributed by atoms with Crippen LogP contribution in [0, 0.1) is 5.82 Å². The van der Waals surface area contributed by atoms with Gasteiger partial charge in [-0.1, -0.05) is 38.3 Å². The highest BCUT2D eigenvalue weighted by Crippen LogP contribution is 2.12. The van der Waals surface area contributed by atoms with Crippen molar-refractivity contribution in [1.82, 2.24) is 5.32 Å². The molecule has 3 heteroatoms. The van der Waals surface area contributed by atoms with E-state index in [0.29, 0.717) is 6.54 Å². The Morgan fingerprint density at radius 1 is 1.18 bits per heavy atom. The Morgan fingerprint density at radius 3 is 2.53 bits per heavy atom. The zero-order valence-corrected chi connectivity index (χ0v) is 10.5. The molecule has 1 atom stereocenters. The van der Waals surface area contributed by atoms with E-state index in [1.807, 2.05) is 0 Å². The molecule has 0 saturated heterocycles. The summed E-state index contributed by atoms with van der Waals surface area (Å²) < 4.78 is 12.7. The van der Waals surface area contributed by atoms with E-state index >= 15 is 0 Å². The van der Waals surface area contributed by atoms with Crippen LogP contribution >= 0.6 is 0 Å². The summed E-state index contributed by atoms with van der Waals surface area (Å²) >= 11 is 0. The first-order valence-electron chi connectivity index (χ1n) is 6.38. The fourth-order valence-electron chi connectivity index (χ4n) is 1.72. The second-order valence-electron chi connectivity index (χ2n) is 4.33. The first-order chi connectivity index (χ1) is 8.24. The number of halogens is 1. The smallest absolute Gasteiger partial charge is 0.123 e. The van der Waals surface area contributed by atoms with Crippen molar-refractivity contribution in [2.75, 3.05) is 13.1 Å². The van der Waals surface area contributed by atoms with E-state index in [0.717, 1.165) is 18.5 Å². The van der Waals surface area contributed by atoms with Crippen molar-refractivity contribution >= 4 is 0 Å². The third-order valence-electron chi connectivity index (χ3n) is 2.80. The molecular weight excluding hydrogens is 217 g/mol. The van der Waals surface area contributed by atoms with Crippen LogP contribution in [0.25, 0.3) is 0 Å². The van der Waals surface area contributed by atoms with Gasteiger partial charge in [-0.25, -0.2) is 4.39 Å². The number of rotatable bonds is 8. The minimum Gasteiger partial charge on any atom is -0.387 e. The van der Waals surface area contributed by atoms with Gasteiger partial charge in [0.25, 0.3) is 0 Å². The van der Waals surface area contributed by atoms with Gasteiger partial charge in [0.2, 0.25) is 0 Å². The van der Waals surface area contributed by atoms with Crippen LogP contribution in [0.5, 0.6) is 0 Å². The number of aliphatic hydroxyl groups is 1. The number of hydrogen-bond donors (Lipinski definition) is 2. The number of benzene rings is 1. The Morgan fingerprint density at radius 2 is 1.88 bits per heavy atom. The SMILES string of the molecule is CCCCCCNCC(O)c1ccc(F)cc1. The molecule has 0 bridgehead atoms. The van der Waals surface area contributed by atoms with Crippen molar-refractivity contribution in [2.45, 2.75) is 38.7 Å². The van der Waals surface area contributed by atoms with Crippen molar-refractivity contribution in [2.24, 2.45) is 0 Å². The van der Waals surface area contributed by atoms with E-state index in [4.69, 9.17) is 0 Å². The molecule has 17 heavy (non-hydrogen) atoms. The lowest BCUT2D eigenvalue weighted by Crippen LogP contribution is -2.22. The van der Waals surface area contributed by atoms with E-state index in [2.05, 4.69) is 12.2 Å². The molecule has 0 aliphatic carbocycles. The van der Waals surface area contributed by atoms with E-state index < -0.39 is 6.10 Å². The van der Waals surface area contributed by atoms with Gasteiger partial charge in [0.1, 0.15) is 5.82 Å². The van der Waals surface area contributed by atoms with Crippen molar-refractivity contribution < 1.29 is 9.50 Å². The molecule has 0 aliphatic rings. The molecule has 0 aromatic heterocycles. The van der Waals surface area contributed by atoms with Crippen LogP contribution in [0.4, 0.5) is 4.39 Å². The lowest BCUT2D eigenvalue weighted by atomic mass is 10.1. The van der Waals surface area contributed by atoms with Gasteiger partial charge in [-0.2, -0.15) is 0 Å². The Bertz CT molecular complexity index is 300. The number of nitrogens with one attached hydrogen (secondary N) is 1. The zero-order valence-electron chi connectivity index (χ0n) is 10.5. The number of hydrogen-bond acceptors (Lipinski definition) is 2. The standard InChI is InChI=1S/C14H22FNO/c1-2-3-4-5-10-16-11-14(17)12-6-8-13(15)9-7-12/h6-9,14,16-17H,2-5,10-11H2,1H3. The molecular formula is C14H22FNO. The highest BCUT2D eigenvalue weighted by molar-refractivity contribution is 5.18. The van der Waals surface area contributed by atoms with Gasteiger partial charge in [0.15, 0.2) is 0 Å². The Hall–Kier alpha value is -0.930. The van der Waals surface area contributed by atoms with Gasteiger partial charge < -0.3 is 10.4 Å². The summed E-state index contributed by atoms with van der Waals surface area (Å²) in [5.41, 5.74) is 0.757. The van der Waals surface area contributed by atoms with Crippen molar-refractivity contribution in [3.8, 4) is 0 Å². The normalized spacial score (nSPS) is 12.6. The highest BCUT2D eigenvalue weighted by atomic mass is 19.1. The summed E-state index contributed by atoms with van der Waals surface area (Å²) in [4.78, 5) is 0. The van der Waals surface area contributed by atoms with Crippen molar-refractivity contribution in [3.05, 3.63) is 35.6 Å². The van der Waals surface area contributed by atoms with E-state index in [1.165, 1.54) is 31.4 Å². The molecule has 0 saturated carbocycles. The summed E-state index contributed by atoms with van der Waals surface area (Å²) in [5, 5.41) is 13.0. The Kier molecular flexibility index (Phi) is 6.82. The largest absolute Gasteiger partial charge is 0.387 e. The molecule has 2 N–H and O–H groups in total. The molecule has 1 aromatic rings. The summed E-state index contributed by atoms with van der Waals surface area (Å²) in [5.74, 6) is -0.270. The summed E-state index contributed by atoms with van der Waals surface area (Å²) in [6.07, 6.45) is 4.32. The van der Waals surface area contributed by atoms with Gasteiger partial charge in [0, 0.05) is 6.54 Å². The lowest BCUT2D eigenvalue weighted by Gasteiger charge is -2.12. The average Bonchev–Trinajstić information content (AvgIpc) is 2.34. The third kappa shape index (κ3) is 5.80. The van der Waals surface area contributed by atoms with Crippen LogP contribution in [0.15, 0.2) is 24.3 Å². The molecule has 0 heterocycles. The van der Waals surface area contributed by atoms with Crippen molar-refractivity contribution in [3.63, 3.8) is 0 Å². The maximum absolute atomic E-state index is 12.7. The number of aliphatic hydroxyl groups excluding tert-OH is 1. The minimum atomic E-state index is -0.554. The van der Waals surface area contributed by atoms with E-state index in [1.54, 1.807) is 12.1 Å². The summed E-state index contributed by atoms with van der Waals surface area (Å²) in [7, 11) is 0. The second kappa shape index (κ2) is 8.20. The molecule has 0 radical (unpaired) electrons. The quantitative estimate of drug-likeness (QED) is 0.683. The molecule has 0 spiro atoms. The Labute approximate surface area is 103 Å². The second-order valence-corrected chi connectivity index (χ2v) is 4.33. The molecule has 0 fully saturated rings. The van der Waals surface area contributed by atoms with E-state index in [9.17, 15) is 9.50 Å². The lowest BCUT2D eigenvalue weighted by molar-refractivity contribution is 0.174. The maximum atomic E-state index is 12.7. The minimum absolute atomic E-state index is 0.270. The van der Waals surface area contributed by atoms with Crippen LogP contribution in [-0.2, 0) is 0 Å². The first kappa shape index (κ1) is 14.1. The molecule has 2 nitrogen and oxygen atoms in total. The Balaban J connectivity index is 2.16. The van der Waals surface area contributed by atoms with Gasteiger partial charge >= 0.3 is 0 Å². The molecule has 0 aliphatic heterocycles. The predicted molar refractivity (Wildman–Crippen MR) is 68.4 cm³/mol.